The van der Waals surface area contributed by atoms with E-state index in [9.17, 15) is 18.4 Å². The van der Waals surface area contributed by atoms with Crippen molar-refractivity contribution in [3.8, 4) is 0 Å². The maximum absolute atomic E-state index is 14.3. The molecule has 6 rings (SSSR count). The maximum atomic E-state index is 14.3. The summed E-state index contributed by atoms with van der Waals surface area (Å²) in [6, 6.07) is 3.62. The van der Waals surface area contributed by atoms with Gasteiger partial charge in [0.2, 0.25) is 0 Å². The predicted octanol–water partition coefficient (Wildman–Crippen LogP) is 3.77. The first-order valence-corrected chi connectivity index (χ1v) is 9.91. The lowest BCUT2D eigenvalue weighted by atomic mass is 9.53. The highest BCUT2D eigenvalue weighted by Crippen LogP contribution is 2.57. The van der Waals surface area contributed by atoms with Crippen LogP contribution in [-0.4, -0.2) is 33.4 Å². The van der Waals surface area contributed by atoms with Crippen LogP contribution in [0, 0.1) is 35.3 Å². The van der Waals surface area contributed by atoms with Crippen LogP contribution in [0.1, 0.15) is 56.3 Å². The van der Waals surface area contributed by atoms with Gasteiger partial charge in [0.25, 0.3) is 11.8 Å². The molecule has 4 bridgehead atoms. The number of hydrogen-bond donors (Lipinski definition) is 0. The third-order valence-corrected chi connectivity index (χ3v) is 7.31. The zero-order valence-electron chi connectivity index (χ0n) is 15.6. The summed E-state index contributed by atoms with van der Waals surface area (Å²) in [5.41, 5.74) is -1.35. The Morgan fingerprint density at radius 1 is 1.04 bits per heavy atom. The lowest BCUT2D eigenvalue weighted by Gasteiger charge is -2.65. The normalized spacial score (nSPS) is 36.1. The van der Waals surface area contributed by atoms with Crippen LogP contribution in [0.3, 0.4) is 0 Å². The third-order valence-electron chi connectivity index (χ3n) is 7.31. The molecule has 4 aliphatic carbocycles. The number of carbonyl (C=O) groups excluding carboxylic acids is 2. The Hall–Kier alpha value is -1.98. The van der Waals surface area contributed by atoms with Gasteiger partial charge in [0.05, 0.1) is 11.6 Å². The summed E-state index contributed by atoms with van der Waals surface area (Å²) in [5, 5.41) is 2.99. The zero-order chi connectivity index (χ0) is 19.1. The van der Waals surface area contributed by atoms with E-state index in [1.807, 2.05) is 0 Å². The Morgan fingerprint density at radius 3 is 2.22 bits per heavy atom. The lowest BCUT2D eigenvalue weighted by Crippen LogP contribution is -2.80. The molecule has 4 saturated carbocycles. The summed E-state index contributed by atoms with van der Waals surface area (Å²) in [4.78, 5) is 26.1. The molecule has 27 heavy (non-hydrogen) atoms. The Kier molecular flexibility index (Phi) is 3.50. The van der Waals surface area contributed by atoms with E-state index in [-0.39, 0.29) is 17.5 Å². The number of halogens is 2. The SMILES string of the molecule is CC1(C)C(=O)N(C2C3CC4CC(C3)CC2C4)N1C(=O)c1cccc(F)c1F. The molecule has 6 heteroatoms. The first-order valence-electron chi connectivity index (χ1n) is 9.91. The molecule has 2 amide bonds. The van der Waals surface area contributed by atoms with Crippen LogP contribution in [0.25, 0.3) is 0 Å². The molecule has 0 unspecified atom stereocenters. The fourth-order valence-electron chi connectivity index (χ4n) is 6.39. The second kappa shape index (κ2) is 5.52. The molecule has 1 heterocycles. The number of hydrogen-bond acceptors (Lipinski definition) is 2. The summed E-state index contributed by atoms with van der Waals surface area (Å²) < 4.78 is 27.9. The summed E-state index contributed by atoms with van der Waals surface area (Å²) in [6.07, 6.45) is 5.74. The van der Waals surface area contributed by atoms with Crippen molar-refractivity contribution in [2.24, 2.45) is 23.7 Å². The van der Waals surface area contributed by atoms with Crippen LogP contribution in [0.5, 0.6) is 0 Å². The number of carbonyl (C=O) groups is 2. The average molecular weight is 374 g/mol. The largest absolute Gasteiger partial charge is 0.276 e. The first kappa shape index (κ1) is 17.1. The highest BCUT2D eigenvalue weighted by atomic mass is 19.2. The summed E-state index contributed by atoms with van der Waals surface area (Å²) in [7, 11) is 0. The molecule has 1 saturated heterocycles. The van der Waals surface area contributed by atoms with E-state index < -0.39 is 23.1 Å². The quantitative estimate of drug-likeness (QED) is 0.791. The molecule has 5 aliphatic rings. The van der Waals surface area contributed by atoms with Crippen LogP contribution >= 0.6 is 0 Å². The van der Waals surface area contributed by atoms with Gasteiger partial charge in [0.1, 0.15) is 5.54 Å². The van der Waals surface area contributed by atoms with Crippen molar-refractivity contribution in [3.05, 3.63) is 35.4 Å². The van der Waals surface area contributed by atoms with Crippen LogP contribution in [-0.2, 0) is 4.79 Å². The third kappa shape index (κ3) is 2.25. The van der Waals surface area contributed by atoms with Crippen molar-refractivity contribution in [1.82, 2.24) is 10.0 Å². The smallest absolute Gasteiger partial charge is 0.270 e. The predicted molar refractivity (Wildman–Crippen MR) is 94.3 cm³/mol. The Morgan fingerprint density at radius 2 is 1.63 bits per heavy atom. The van der Waals surface area contributed by atoms with E-state index >= 15 is 0 Å². The van der Waals surface area contributed by atoms with Crippen molar-refractivity contribution >= 4 is 11.8 Å². The Balaban J connectivity index is 1.50. The molecule has 144 valence electrons. The summed E-state index contributed by atoms with van der Waals surface area (Å²) in [6.45, 7) is 3.36. The van der Waals surface area contributed by atoms with Crippen molar-refractivity contribution in [2.45, 2.75) is 57.5 Å². The Bertz CT molecular complexity index is 809. The van der Waals surface area contributed by atoms with Crippen LogP contribution in [0.4, 0.5) is 8.78 Å². The molecule has 1 aromatic carbocycles. The van der Waals surface area contributed by atoms with E-state index in [4.69, 9.17) is 0 Å². The Labute approximate surface area is 157 Å². The van der Waals surface area contributed by atoms with E-state index in [0.717, 1.165) is 43.6 Å². The fourth-order valence-corrected chi connectivity index (χ4v) is 6.39. The van der Waals surface area contributed by atoms with Gasteiger partial charge in [0, 0.05) is 0 Å². The number of benzene rings is 1. The van der Waals surface area contributed by atoms with Crippen LogP contribution in [0.2, 0.25) is 0 Å². The minimum Gasteiger partial charge on any atom is -0.270 e. The van der Waals surface area contributed by atoms with Crippen LogP contribution in [0.15, 0.2) is 18.2 Å². The van der Waals surface area contributed by atoms with Crippen molar-refractivity contribution in [2.75, 3.05) is 0 Å². The topological polar surface area (TPSA) is 40.6 Å². The summed E-state index contributed by atoms with van der Waals surface area (Å²) >= 11 is 0. The molecule has 0 spiro atoms. The fraction of sp³-hybridized carbons (Fsp3) is 0.619. The molecular formula is C21H24F2N2O2. The van der Waals surface area contributed by atoms with Gasteiger partial charge in [-0.1, -0.05) is 6.07 Å². The molecule has 1 aliphatic heterocycles. The van der Waals surface area contributed by atoms with Gasteiger partial charge in [-0.05, 0) is 81.8 Å². The van der Waals surface area contributed by atoms with Gasteiger partial charge in [-0.25, -0.2) is 18.8 Å². The molecule has 0 aromatic heterocycles. The molecule has 1 aromatic rings. The lowest BCUT2D eigenvalue weighted by molar-refractivity contribution is -0.230. The highest BCUT2D eigenvalue weighted by molar-refractivity contribution is 6.04. The monoisotopic (exact) mass is 374 g/mol. The van der Waals surface area contributed by atoms with Crippen LogP contribution < -0.4 is 0 Å². The zero-order valence-corrected chi connectivity index (χ0v) is 15.6. The van der Waals surface area contributed by atoms with E-state index in [2.05, 4.69) is 0 Å². The highest BCUT2D eigenvalue weighted by Gasteiger charge is 2.62. The van der Waals surface area contributed by atoms with Crippen molar-refractivity contribution in [3.63, 3.8) is 0 Å². The standard InChI is InChI=1S/C21H24F2N2O2/c1-21(2)20(27)24(18-13-7-11-6-12(9-13)10-14(18)8-11)25(21)19(26)15-4-3-5-16(22)17(15)23/h3-5,11-14,18H,6-10H2,1-2H3. The van der Waals surface area contributed by atoms with E-state index in [0.29, 0.717) is 11.8 Å². The molecule has 5 fully saturated rings. The maximum Gasteiger partial charge on any atom is 0.276 e. The van der Waals surface area contributed by atoms with Gasteiger partial charge < -0.3 is 0 Å². The number of amides is 2. The molecular weight excluding hydrogens is 350 g/mol. The van der Waals surface area contributed by atoms with Gasteiger partial charge in [-0.3, -0.25) is 9.59 Å². The van der Waals surface area contributed by atoms with E-state index in [1.165, 1.54) is 23.6 Å². The number of hydrazine groups is 1. The molecule has 0 radical (unpaired) electrons. The van der Waals surface area contributed by atoms with Gasteiger partial charge in [-0.15, -0.1) is 0 Å². The molecule has 4 nitrogen and oxygen atoms in total. The summed E-state index contributed by atoms with van der Waals surface area (Å²) in [5.74, 6) is -0.608. The average Bonchev–Trinajstić information content (AvgIpc) is 2.61. The number of rotatable bonds is 2. The first-order chi connectivity index (χ1) is 12.8. The minimum absolute atomic E-state index is 0.0129. The molecule has 0 atom stereocenters. The minimum atomic E-state index is -1.15. The van der Waals surface area contributed by atoms with E-state index in [1.54, 1.807) is 18.9 Å². The number of nitrogens with zero attached hydrogens (tertiary/aromatic N) is 2. The van der Waals surface area contributed by atoms with Crippen molar-refractivity contribution < 1.29 is 18.4 Å². The second-order valence-electron chi connectivity index (χ2n) is 9.35. The van der Waals surface area contributed by atoms with Gasteiger partial charge >= 0.3 is 0 Å². The second-order valence-corrected chi connectivity index (χ2v) is 9.35. The molecule has 0 N–H and O–H groups in total. The van der Waals surface area contributed by atoms with Gasteiger partial charge in [0.15, 0.2) is 11.6 Å². The van der Waals surface area contributed by atoms with Crippen molar-refractivity contribution in [1.29, 1.82) is 0 Å². The van der Waals surface area contributed by atoms with Gasteiger partial charge in [-0.2, -0.15) is 0 Å².